The standard InChI is InChI=1S/C21H20F6N2O2/c1-14-3-2-4-17(9-14)28-5-7-29(8-6-28)19(30)13-31-18-11-15(20(22,23)24)10-16(12-18)21(25,26)27/h2-4,9-12H,5-8,13H2,1H3. The van der Waals surface area contributed by atoms with Gasteiger partial charge in [-0.05, 0) is 42.8 Å². The van der Waals surface area contributed by atoms with Crippen molar-refractivity contribution in [1.82, 2.24) is 4.90 Å². The third-order valence-electron chi connectivity index (χ3n) is 4.92. The van der Waals surface area contributed by atoms with Gasteiger partial charge in [-0.3, -0.25) is 4.79 Å². The summed E-state index contributed by atoms with van der Waals surface area (Å²) in [5.41, 5.74) is -0.858. The van der Waals surface area contributed by atoms with Crippen molar-refractivity contribution < 1.29 is 35.9 Å². The smallest absolute Gasteiger partial charge is 0.416 e. The van der Waals surface area contributed by atoms with Crippen molar-refractivity contribution in [3.63, 3.8) is 0 Å². The monoisotopic (exact) mass is 446 g/mol. The van der Waals surface area contributed by atoms with Crippen molar-refractivity contribution in [2.75, 3.05) is 37.7 Å². The summed E-state index contributed by atoms with van der Waals surface area (Å²) in [5, 5.41) is 0. The molecule has 2 aromatic rings. The molecule has 1 aliphatic heterocycles. The van der Waals surface area contributed by atoms with Crippen LogP contribution in [0.2, 0.25) is 0 Å². The van der Waals surface area contributed by atoms with E-state index >= 15 is 0 Å². The lowest BCUT2D eigenvalue weighted by molar-refractivity contribution is -0.143. The van der Waals surface area contributed by atoms with Gasteiger partial charge >= 0.3 is 12.4 Å². The minimum absolute atomic E-state index is 0.0131. The number of carbonyl (C=O) groups is 1. The number of ether oxygens (including phenoxy) is 1. The zero-order valence-corrected chi connectivity index (χ0v) is 16.6. The lowest BCUT2D eigenvalue weighted by Crippen LogP contribution is -2.50. The molecule has 1 heterocycles. The molecule has 0 bridgehead atoms. The lowest BCUT2D eigenvalue weighted by Gasteiger charge is -2.36. The van der Waals surface area contributed by atoms with E-state index in [4.69, 9.17) is 4.74 Å². The number of hydrogen-bond acceptors (Lipinski definition) is 3. The normalized spacial score (nSPS) is 15.2. The number of anilines is 1. The summed E-state index contributed by atoms with van der Waals surface area (Å²) in [5.74, 6) is -1.16. The predicted molar refractivity (Wildman–Crippen MR) is 102 cm³/mol. The second kappa shape index (κ2) is 8.68. The molecule has 0 aromatic heterocycles. The van der Waals surface area contributed by atoms with Gasteiger partial charge < -0.3 is 14.5 Å². The van der Waals surface area contributed by atoms with Gasteiger partial charge in [0.15, 0.2) is 6.61 Å². The Hall–Kier alpha value is -2.91. The highest BCUT2D eigenvalue weighted by Gasteiger charge is 2.37. The number of piperazine rings is 1. The van der Waals surface area contributed by atoms with Crippen LogP contribution in [0.1, 0.15) is 16.7 Å². The first-order valence-corrected chi connectivity index (χ1v) is 9.45. The van der Waals surface area contributed by atoms with Gasteiger partial charge in [-0.25, -0.2) is 0 Å². The molecule has 3 rings (SSSR count). The van der Waals surface area contributed by atoms with E-state index in [1.807, 2.05) is 31.2 Å². The van der Waals surface area contributed by atoms with Crippen LogP contribution in [0, 0.1) is 6.92 Å². The molecule has 1 saturated heterocycles. The highest BCUT2D eigenvalue weighted by Crippen LogP contribution is 2.38. The maximum Gasteiger partial charge on any atom is 0.416 e. The number of hydrogen-bond donors (Lipinski definition) is 0. The first kappa shape index (κ1) is 22.8. The Morgan fingerprint density at radius 1 is 0.903 bits per heavy atom. The van der Waals surface area contributed by atoms with Gasteiger partial charge in [0.05, 0.1) is 11.1 Å². The third kappa shape index (κ3) is 5.83. The van der Waals surface area contributed by atoms with Crippen LogP contribution in [-0.4, -0.2) is 43.6 Å². The van der Waals surface area contributed by atoms with Crippen molar-refractivity contribution in [2.24, 2.45) is 0 Å². The number of rotatable bonds is 4. The SMILES string of the molecule is Cc1cccc(N2CCN(C(=O)COc3cc(C(F)(F)F)cc(C(F)(F)F)c3)CC2)c1. The molecule has 4 nitrogen and oxygen atoms in total. The molecule has 31 heavy (non-hydrogen) atoms. The molecule has 168 valence electrons. The molecule has 1 fully saturated rings. The molecule has 0 atom stereocenters. The lowest BCUT2D eigenvalue weighted by atomic mass is 10.1. The van der Waals surface area contributed by atoms with Gasteiger partial charge in [-0.2, -0.15) is 26.3 Å². The zero-order chi connectivity index (χ0) is 22.8. The quantitative estimate of drug-likeness (QED) is 0.635. The van der Waals surface area contributed by atoms with Crippen LogP contribution in [0.4, 0.5) is 32.0 Å². The Morgan fingerprint density at radius 2 is 1.48 bits per heavy atom. The Morgan fingerprint density at radius 3 is 2.00 bits per heavy atom. The molecular formula is C21H20F6N2O2. The topological polar surface area (TPSA) is 32.8 Å². The third-order valence-corrected chi connectivity index (χ3v) is 4.92. The van der Waals surface area contributed by atoms with Gasteiger partial charge in [0, 0.05) is 31.9 Å². The minimum atomic E-state index is -4.98. The summed E-state index contributed by atoms with van der Waals surface area (Å²) in [7, 11) is 0. The molecule has 0 unspecified atom stereocenters. The Bertz CT molecular complexity index is 902. The molecule has 10 heteroatoms. The average Bonchev–Trinajstić information content (AvgIpc) is 2.70. The van der Waals surface area contributed by atoms with Crippen molar-refractivity contribution in [3.8, 4) is 5.75 Å². The van der Waals surface area contributed by atoms with E-state index < -0.39 is 41.7 Å². The van der Waals surface area contributed by atoms with Crippen molar-refractivity contribution in [3.05, 3.63) is 59.2 Å². The second-order valence-corrected chi connectivity index (χ2v) is 7.24. The van der Waals surface area contributed by atoms with E-state index in [1.165, 1.54) is 4.90 Å². The molecule has 0 radical (unpaired) electrons. The summed E-state index contributed by atoms with van der Waals surface area (Å²) in [6.45, 7) is 3.16. The number of nitrogens with zero attached hydrogens (tertiary/aromatic N) is 2. The number of carbonyl (C=O) groups excluding carboxylic acids is 1. The van der Waals surface area contributed by atoms with E-state index in [2.05, 4.69) is 4.90 Å². The number of alkyl halides is 6. The molecule has 1 aliphatic rings. The van der Waals surface area contributed by atoms with Crippen LogP contribution in [0.3, 0.4) is 0 Å². The maximum atomic E-state index is 12.9. The summed E-state index contributed by atoms with van der Waals surface area (Å²) in [6, 6.07) is 8.81. The van der Waals surface area contributed by atoms with Gasteiger partial charge in [0.2, 0.25) is 0 Å². The van der Waals surface area contributed by atoms with Crippen LogP contribution in [0.5, 0.6) is 5.75 Å². The Labute approximate surface area is 175 Å². The first-order valence-electron chi connectivity index (χ1n) is 9.45. The molecule has 2 aromatic carbocycles. The number of aryl methyl sites for hydroxylation is 1. The fourth-order valence-electron chi connectivity index (χ4n) is 3.28. The molecular weight excluding hydrogens is 426 g/mol. The zero-order valence-electron chi connectivity index (χ0n) is 16.6. The highest BCUT2D eigenvalue weighted by atomic mass is 19.4. The van der Waals surface area contributed by atoms with Crippen LogP contribution in [-0.2, 0) is 17.1 Å². The highest BCUT2D eigenvalue weighted by molar-refractivity contribution is 5.78. The number of halogens is 6. The molecule has 0 aliphatic carbocycles. The Kier molecular flexibility index (Phi) is 6.38. The van der Waals surface area contributed by atoms with Gasteiger partial charge in [0.25, 0.3) is 5.91 Å². The van der Waals surface area contributed by atoms with E-state index in [0.29, 0.717) is 38.3 Å². The van der Waals surface area contributed by atoms with Crippen molar-refractivity contribution in [2.45, 2.75) is 19.3 Å². The first-order chi connectivity index (χ1) is 14.4. The summed E-state index contributed by atoms with van der Waals surface area (Å²) < 4.78 is 82.6. The fraction of sp³-hybridized carbons (Fsp3) is 0.381. The minimum Gasteiger partial charge on any atom is -0.484 e. The van der Waals surface area contributed by atoms with Crippen molar-refractivity contribution in [1.29, 1.82) is 0 Å². The van der Waals surface area contributed by atoms with Crippen LogP contribution >= 0.6 is 0 Å². The van der Waals surface area contributed by atoms with Crippen LogP contribution < -0.4 is 9.64 Å². The fourth-order valence-corrected chi connectivity index (χ4v) is 3.28. The maximum absolute atomic E-state index is 12.9. The molecule has 0 saturated carbocycles. The second-order valence-electron chi connectivity index (χ2n) is 7.24. The molecule has 1 amide bonds. The summed E-state index contributed by atoms with van der Waals surface area (Å²) >= 11 is 0. The number of amides is 1. The summed E-state index contributed by atoms with van der Waals surface area (Å²) in [4.78, 5) is 15.9. The van der Waals surface area contributed by atoms with E-state index in [9.17, 15) is 31.1 Å². The van der Waals surface area contributed by atoms with Gasteiger partial charge in [-0.1, -0.05) is 12.1 Å². The largest absolute Gasteiger partial charge is 0.484 e. The van der Waals surface area contributed by atoms with Crippen LogP contribution in [0.25, 0.3) is 0 Å². The van der Waals surface area contributed by atoms with Gasteiger partial charge in [0.1, 0.15) is 5.75 Å². The van der Waals surface area contributed by atoms with E-state index in [1.54, 1.807) is 0 Å². The van der Waals surface area contributed by atoms with E-state index in [-0.39, 0.29) is 6.07 Å². The van der Waals surface area contributed by atoms with Crippen molar-refractivity contribution >= 4 is 11.6 Å². The molecule has 0 spiro atoms. The predicted octanol–water partition coefficient (Wildman–Crippen LogP) is 4.76. The Balaban J connectivity index is 1.62. The average molecular weight is 446 g/mol. The summed E-state index contributed by atoms with van der Waals surface area (Å²) in [6.07, 6.45) is -9.95. The molecule has 0 N–H and O–H groups in total. The van der Waals surface area contributed by atoms with Gasteiger partial charge in [-0.15, -0.1) is 0 Å². The number of benzene rings is 2. The van der Waals surface area contributed by atoms with Crippen LogP contribution in [0.15, 0.2) is 42.5 Å². The van der Waals surface area contributed by atoms with E-state index in [0.717, 1.165) is 11.3 Å².